The van der Waals surface area contributed by atoms with Gasteiger partial charge in [-0.25, -0.2) is 9.97 Å². The summed E-state index contributed by atoms with van der Waals surface area (Å²) in [6, 6.07) is 1.73. The summed E-state index contributed by atoms with van der Waals surface area (Å²) < 4.78 is 4.98. The van der Waals surface area contributed by atoms with Crippen molar-refractivity contribution in [3.8, 4) is 0 Å². The lowest BCUT2D eigenvalue weighted by Gasteiger charge is -2.10. The fraction of sp³-hybridized carbons (Fsp3) is 0.636. The van der Waals surface area contributed by atoms with Crippen molar-refractivity contribution in [3.05, 3.63) is 17.0 Å². The number of hydrogen-bond donors (Lipinski definition) is 1. The SMILES string of the molecule is COCc1nc(Cl)cc(NCCC(C)SC)n1. The van der Waals surface area contributed by atoms with Gasteiger partial charge in [0, 0.05) is 25.0 Å². The third-order valence-electron chi connectivity index (χ3n) is 2.27. The van der Waals surface area contributed by atoms with Crippen molar-refractivity contribution in [2.75, 3.05) is 25.2 Å². The van der Waals surface area contributed by atoms with Gasteiger partial charge in [-0.2, -0.15) is 11.8 Å². The molecule has 1 unspecified atom stereocenters. The molecule has 96 valence electrons. The molecular formula is C11H18ClN3OS. The molecule has 1 atom stereocenters. The van der Waals surface area contributed by atoms with E-state index in [0.29, 0.717) is 22.8 Å². The van der Waals surface area contributed by atoms with Crippen molar-refractivity contribution in [1.82, 2.24) is 9.97 Å². The van der Waals surface area contributed by atoms with Crippen molar-refractivity contribution in [2.45, 2.75) is 25.2 Å². The van der Waals surface area contributed by atoms with Gasteiger partial charge >= 0.3 is 0 Å². The zero-order chi connectivity index (χ0) is 12.7. The van der Waals surface area contributed by atoms with E-state index in [1.54, 1.807) is 13.2 Å². The van der Waals surface area contributed by atoms with Gasteiger partial charge in [0.25, 0.3) is 0 Å². The van der Waals surface area contributed by atoms with E-state index in [1.165, 1.54) is 0 Å². The number of halogens is 1. The largest absolute Gasteiger partial charge is 0.377 e. The second kappa shape index (κ2) is 7.74. The van der Waals surface area contributed by atoms with Crippen molar-refractivity contribution < 1.29 is 4.74 Å². The predicted molar refractivity (Wildman–Crippen MR) is 73.8 cm³/mol. The topological polar surface area (TPSA) is 47.0 Å². The zero-order valence-electron chi connectivity index (χ0n) is 10.4. The molecule has 0 aliphatic rings. The molecule has 1 rings (SSSR count). The number of ether oxygens (including phenoxy) is 1. The maximum absolute atomic E-state index is 5.90. The molecule has 0 aromatic carbocycles. The monoisotopic (exact) mass is 275 g/mol. The fourth-order valence-electron chi connectivity index (χ4n) is 1.27. The lowest BCUT2D eigenvalue weighted by Crippen LogP contribution is -2.10. The third kappa shape index (κ3) is 5.57. The number of aromatic nitrogens is 2. The van der Waals surface area contributed by atoms with Crippen LogP contribution in [0.4, 0.5) is 5.82 Å². The van der Waals surface area contributed by atoms with E-state index in [-0.39, 0.29) is 0 Å². The number of rotatable bonds is 7. The van der Waals surface area contributed by atoms with Gasteiger partial charge in [-0.15, -0.1) is 0 Å². The quantitative estimate of drug-likeness (QED) is 0.776. The van der Waals surface area contributed by atoms with Gasteiger partial charge in [-0.3, -0.25) is 0 Å². The van der Waals surface area contributed by atoms with Crippen LogP contribution in [0.3, 0.4) is 0 Å². The van der Waals surface area contributed by atoms with Gasteiger partial charge in [0.15, 0.2) is 5.82 Å². The van der Waals surface area contributed by atoms with Crippen LogP contribution in [0.25, 0.3) is 0 Å². The van der Waals surface area contributed by atoms with E-state index in [1.807, 2.05) is 11.8 Å². The minimum absolute atomic E-state index is 0.371. The van der Waals surface area contributed by atoms with Crippen molar-refractivity contribution in [1.29, 1.82) is 0 Å². The van der Waals surface area contributed by atoms with Crippen LogP contribution in [-0.4, -0.2) is 35.1 Å². The molecule has 17 heavy (non-hydrogen) atoms. The third-order valence-corrected chi connectivity index (χ3v) is 3.51. The highest BCUT2D eigenvalue weighted by Crippen LogP contribution is 2.13. The maximum atomic E-state index is 5.90. The van der Waals surface area contributed by atoms with Gasteiger partial charge in [0.2, 0.25) is 0 Å². The molecule has 0 aliphatic heterocycles. The molecule has 0 saturated heterocycles. The predicted octanol–water partition coefficient (Wildman–Crippen LogP) is 2.83. The minimum Gasteiger partial charge on any atom is -0.377 e. The Morgan fingerprint density at radius 1 is 1.53 bits per heavy atom. The zero-order valence-corrected chi connectivity index (χ0v) is 11.9. The summed E-state index contributed by atoms with van der Waals surface area (Å²) in [7, 11) is 1.61. The molecule has 1 N–H and O–H groups in total. The molecule has 0 amide bonds. The molecule has 6 heteroatoms. The summed E-state index contributed by atoms with van der Waals surface area (Å²) in [4.78, 5) is 8.38. The fourth-order valence-corrected chi connectivity index (χ4v) is 1.82. The van der Waals surface area contributed by atoms with Crippen LogP contribution < -0.4 is 5.32 Å². The van der Waals surface area contributed by atoms with Crippen LogP contribution >= 0.6 is 23.4 Å². The Hall–Kier alpha value is -0.520. The van der Waals surface area contributed by atoms with Gasteiger partial charge in [-0.05, 0) is 12.7 Å². The first kappa shape index (κ1) is 14.5. The molecule has 0 aliphatic carbocycles. The van der Waals surface area contributed by atoms with Gasteiger partial charge < -0.3 is 10.1 Å². The minimum atomic E-state index is 0.371. The molecule has 1 heterocycles. The molecule has 0 bridgehead atoms. The Bertz CT molecular complexity index is 351. The summed E-state index contributed by atoms with van der Waals surface area (Å²) in [5, 5.41) is 4.32. The Labute approximate surface area is 112 Å². The van der Waals surface area contributed by atoms with Crippen LogP contribution in [0.15, 0.2) is 6.07 Å². The van der Waals surface area contributed by atoms with Gasteiger partial charge in [0.05, 0.1) is 0 Å². The van der Waals surface area contributed by atoms with Crippen molar-refractivity contribution in [3.63, 3.8) is 0 Å². The summed E-state index contributed by atoms with van der Waals surface area (Å²) in [6.45, 7) is 3.45. The first-order valence-corrected chi connectivity index (χ1v) is 7.11. The van der Waals surface area contributed by atoms with E-state index in [9.17, 15) is 0 Å². The summed E-state index contributed by atoms with van der Waals surface area (Å²) in [5.74, 6) is 1.35. The maximum Gasteiger partial charge on any atom is 0.158 e. The Balaban J connectivity index is 2.52. The highest BCUT2D eigenvalue weighted by atomic mass is 35.5. The second-order valence-corrected chi connectivity index (χ2v) is 5.35. The van der Waals surface area contributed by atoms with Crippen LogP contribution in [0.5, 0.6) is 0 Å². The molecule has 0 saturated carbocycles. The number of nitrogens with zero attached hydrogens (tertiary/aromatic N) is 2. The first-order chi connectivity index (χ1) is 8.15. The van der Waals surface area contributed by atoms with E-state index >= 15 is 0 Å². The van der Waals surface area contributed by atoms with E-state index in [2.05, 4.69) is 28.5 Å². The van der Waals surface area contributed by atoms with Crippen molar-refractivity contribution in [2.24, 2.45) is 0 Å². The van der Waals surface area contributed by atoms with Crippen LogP contribution in [0, 0.1) is 0 Å². The van der Waals surface area contributed by atoms with E-state index < -0.39 is 0 Å². The van der Waals surface area contributed by atoms with Crippen LogP contribution in [-0.2, 0) is 11.3 Å². The standard InChI is InChI=1S/C11H18ClN3OS/c1-8(17-3)4-5-13-10-6-9(12)14-11(15-10)7-16-2/h6,8H,4-5,7H2,1-3H3,(H,13,14,15). The van der Waals surface area contributed by atoms with Crippen LogP contribution in [0.2, 0.25) is 5.15 Å². The molecule has 1 aromatic heterocycles. The molecule has 4 nitrogen and oxygen atoms in total. The normalized spacial score (nSPS) is 12.5. The number of nitrogens with one attached hydrogen (secondary N) is 1. The Kier molecular flexibility index (Phi) is 6.62. The summed E-state index contributed by atoms with van der Waals surface area (Å²) in [5.41, 5.74) is 0. The second-order valence-electron chi connectivity index (χ2n) is 3.69. The van der Waals surface area contributed by atoms with E-state index in [0.717, 1.165) is 18.8 Å². The molecular weight excluding hydrogens is 258 g/mol. The smallest absolute Gasteiger partial charge is 0.158 e. The lowest BCUT2D eigenvalue weighted by molar-refractivity contribution is 0.178. The summed E-state index contributed by atoms with van der Waals surface area (Å²) in [6.07, 6.45) is 3.20. The molecule has 0 spiro atoms. The van der Waals surface area contributed by atoms with Gasteiger partial charge in [-0.1, -0.05) is 18.5 Å². The highest BCUT2D eigenvalue weighted by Gasteiger charge is 2.04. The Morgan fingerprint density at radius 2 is 2.29 bits per heavy atom. The average molecular weight is 276 g/mol. The number of hydrogen-bond acceptors (Lipinski definition) is 5. The average Bonchev–Trinajstić information content (AvgIpc) is 2.28. The Morgan fingerprint density at radius 3 is 2.94 bits per heavy atom. The molecule has 0 radical (unpaired) electrons. The van der Waals surface area contributed by atoms with Crippen molar-refractivity contribution >= 4 is 29.2 Å². The molecule has 0 fully saturated rings. The van der Waals surface area contributed by atoms with Crippen LogP contribution in [0.1, 0.15) is 19.2 Å². The summed E-state index contributed by atoms with van der Waals surface area (Å²) >= 11 is 7.76. The number of anilines is 1. The number of methoxy groups -OCH3 is 1. The van der Waals surface area contributed by atoms with E-state index in [4.69, 9.17) is 16.3 Å². The first-order valence-electron chi connectivity index (χ1n) is 5.44. The highest BCUT2D eigenvalue weighted by molar-refractivity contribution is 7.99. The van der Waals surface area contributed by atoms with Gasteiger partial charge in [0.1, 0.15) is 17.6 Å². The number of thioether (sulfide) groups is 1. The molecule has 1 aromatic rings. The lowest BCUT2D eigenvalue weighted by atomic mass is 10.3.